The molecule has 218 valence electrons. The first kappa shape index (κ1) is 29.1. The number of methoxy groups -OCH3 is 1. The Hall–Kier alpha value is -4.42. The lowest BCUT2D eigenvalue weighted by Gasteiger charge is -2.22. The first-order valence-corrected chi connectivity index (χ1v) is 14.0. The zero-order chi connectivity index (χ0) is 30.2. The third kappa shape index (κ3) is 6.24. The monoisotopic (exact) mass is 591 g/mol. The van der Waals surface area contributed by atoms with Gasteiger partial charge in [0.1, 0.15) is 22.8 Å². The van der Waals surface area contributed by atoms with Crippen LogP contribution in [0, 0.1) is 12.7 Å². The van der Waals surface area contributed by atoms with Gasteiger partial charge in [-0.2, -0.15) is 0 Å². The van der Waals surface area contributed by atoms with Crippen molar-refractivity contribution >= 4 is 44.4 Å². The first-order chi connectivity index (χ1) is 19.9. The van der Waals surface area contributed by atoms with Crippen LogP contribution in [0.25, 0.3) is 31.8 Å². The minimum Gasteiger partial charge on any atom is -0.484 e. The zero-order valence-electron chi connectivity index (χ0n) is 23.9. The third-order valence-electron chi connectivity index (χ3n) is 6.55. The maximum Gasteiger partial charge on any atom is 0.412 e. The second-order valence-electron chi connectivity index (χ2n) is 10.4. The van der Waals surface area contributed by atoms with Crippen molar-refractivity contribution in [3.05, 3.63) is 65.9 Å². The van der Waals surface area contributed by atoms with Crippen molar-refractivity contribution < 1.29 is 28.5 Å². The molecular formula is C30H30FN5O5S. The van der Waals surface area contributed by atoms with Gasteiger partial charge in [0.05, 0.1) is 52.1 Å². The Labute approximate surface area is 245 Å². The van der Waals surface area contributed by atoms with E-state index < -0.39 is 29.7 Å². The highest BCUT2D eigenvalue weighted by Crippen LogP contribution is 2.37. The number of halogens is 1. The number of fused-ring (bicyclic) bond motifs is 2. The van der Waals surface area contributed by atoms with Crippen LogP contribution in [0.3, 0.4) is 0 Å². The molecule has 0 fully saturated rings. The topological polar surface area (TPSA) is 129 Å². The number of nitrogens with zero attached hydrogens (tertiary/aromatic N) is 4. The molecule has 0 aliphatic heterocycles. The number of hydrogen-bond donors (Lipinski definition) is 2. The Bertz CT molecular complexity index is 1770. The number of carbonyl (C=O) groups excluding carboxylic acids is 1. The number of rotatable bonds is 8. The van der Waals surface area contributed by atoms with Crippen LogP contribution in [0.2, 0.25) is 0 Å². The molecule has 5 aromatic rings. The molecule has 2 N–H and O–H groups in total. The predicted molar refractivity (Wildman–Crippen MR) is 159 cm³/mol. The van der Waals surface area contributed by atoms with E-state index in [0.717, 1.165) is 15.8 Å². The maximum absolute atomic E-state index is 15.1. The van der Waals surface area contributed by atoms with E-state index in [4.69, 9.17) is 14.2 Å². The van der Waals surface area contributed by atoms with Gasteiger partial charge in [0.2, 0.25) is 5.88 Å². The predicted octanol–water partition coefficient (Wildman–Crippen LogP) is 6.39. The SMILES string of the molecule is COc1cnc2c(-c3nc4cc(F)c(O[C@@H](C)[C@@H](C)OC(=O)Nc5ccc(C(C)(C)O)nc5)cc4s3)cc(C)cc2n1. The average Bonchev–Trinajstić information content (AvgIpc) is 3.34. The zero-order valence-corrected chi connectivity index (χ0v) is 24.7. The smallest absolute Gasteiger partial charge is 0.412 e. The normalized spacial score (nSPS) is 13.1. The number of hydrogen-bond acceptors (Lipinski definition) is 10. The molecule has 2 aromatic carbocycles. The summed E-state index contributed by atoms with van der Waals surface area (Å²) in [5, 5.41) is 13.3. The summed E-state index contributed by atoms with van der Waals surface area (Å²) >= 11 is 1.38. The number of carbonyl (C=O) groups is 1. The minimum atomic E-state index is -1.10. The first-order valence-electron chi connectivity index (χ1n) is 13.2. The molecule has 0 radical (unpaired) electrons. The van der Waals surface area contributed by atoms with E-state index in [1.54, 1.807) is 52.1 Å². The van der Waals surface area contributed by atoms with E-state index in [9.17, 15) is 9.90 Å². The molecule has 3 heterocycles. The Morgan fingerprint density at radius 3 is 2.52 bits per heavy atom. The standard InChI is InChI=1S/C30H30FN5O5S/c1-15-9-19(27-22(10-15)35-26(39-6)14-33-27)28-36-21-11-20(31)23(12-24(21)42-28)40-16(2)17(3)41-29(37)34-18-7-8-25(32-13-18)30(4,5)38/h7-14,16-17,38H,1-6H3,(H,34,37)/t16-,17+/m0/s1. The lowest BCUT2D eigenvalue weighted by atomic mass is 10.1. The van der Waals surface area contributed by atoms with Crippen LogP contribution < -0.4 is 14.8 Å². The molecule has 0 saturated carbocycles. The van der Waals surface area contributed by atoms with Gasteiger partial charge in [-0.25, -0.2) is 24.1 Å². The Kier molecular flexibility index (Phi) is 7.93. The van der Waals surface area contributed by atoms with Crippen molar-refractivity contribution in [3.8, 4) is 22.2 Å². The van der Waals surface area contributed by atoms with Crippen LogP contribution in [0.1, 0.15) is 39.0 Å². The molecule has 0 unspecified atom stereocenters. The Balaban J connectivity index is 1.30. The summed E-state index contributed by atoms with van der Waals surface area (Å²) in [6.45, 7) is 8.53. The van der Waals surface area contributed by atoms with E-state index >= 15 is 4.39 Å². The summed E-state index contributed by atoms with van der Waals surface area (Å²) in [7, 11) is 1.54. The molecule has 0 saturated heterocycles. The van der Waals surface area contributed by atoms with E-state index in [1.165, 1.54) is 30.7 Å². The van der Waals surface area contributed by atoms with Crippen LogP contribution in [0.5, 0.6) is 11.6 Å². The number of aryl methyl sites for hydroxylation is 1. The molecule has 3 aromatic heterocycles. The molecule has 1 amide bonds. The van der Waals surface area contributed by atoms with E-state index in [-0.39, 0.29) is 5.75 Å². The number of amides is 1. The second-order valence-corrected chi connectivity index (χ2v) is 11.4. The number of pyridine rings is 1. The number of nitrogens with one attached hydrogen (secondary N) is 1. The fraction of sp³-hybridized carbons (Fsp3) is 0.300. The van der Waals surface area contributed by atoms with Crippen LogP contribution in [0.15, 0.2) is 48.8 Å². The van der Waals surface area contributed by atoms with E-state index in [1.807, 2.05) is 19.1 Å². The highest BCUT2D eigenvalue weighted by molar-refractivity contribution is 7.21. The largest absolute Gasteiger partial charge is 0.484 e. The van der Waals surface area contributed by atoms with Gasteiger partial charge < -0.3 is 19.3 Å². The molecule has 10 nitrogen and oxygen atoms in total. The van der Waals surface area contributed by atoms with Gasteiger partial charge in [-0.15, -0.1) is 11.3 Å². The summed E-state index contributed by atoms with van der Waals surface area (Å²) in [6, 6.07) is 10.0. The Morgan fingerprint density at radius 1 is 1.05 bits per heavy atom. The number of aliphatic hydroxyl groups is 1. The molecule has 0 aliphatic carbocycles. The van der Waals surface area contributed by atoms with Gasteiger partial charge in [0.15, 0.2) is 11.6 Å². The molecule has 12 heteroatoms. The third-order valence-corrected chi connectivity index (χ3v) is 7.61. The van der Waals surface area contributed by atoms with Gasteiger partial charge in [-0.1, -0.05) is 0 Å². The summed E-state index contributed by atoms with van der Waals surface area (Å²) in [5.41, 5.74) is 3.35. The van der Waals surface area contributed by atoms with E-state index in [0.29, 0.717) is 38.8 Å². The summed E-state index contributed by atoms with van der Waals surface area (Å²) < 4.78 is 32.3. The number of anilines is 1. The molecule has 0 aliphatic rings. The van der Waals surface area contributed by atoms with Crippen LogP contribution >= 0.6 is 11.3 Å². The average molecular weight is 592 g/mol. The summed E-state index contributed by atoms with van der Waals surface area (Å²) in [4.78, 5) is 30.2. The second kappa shape index (κ2) is 11.5. The van der Waals surface area contributed by atoms with Crippen LogP contribution in [-0.2, 0) is 10.3 Å². The number of benzene rings is 2. The van der Waals surface area contributed by atoms with Crippen LogP contribution in [0.4, 0.5) is 14.9 Å². The quantitative estimate of drug-likeness (QED) is 0.211. The van der Waals surface area contributed by atoms with Gasteiger partial charge in [0.25, 0.3) is 0 Å². The molecule has 42 heavy (non-hydrogen) atoms. The molecule has 5 rings (SSSR count). The fourth-order valence-electron chi connectivity index (χ4n) is 4.18. The van der Waals surface area contributed by atoms with Crippen molar-refractivity contribution in [1.29, 1.82) is 0 Å². The van der Waals surface area contributed by atoms with Crippen molar-refractivity contribution in [2.45, 2.75) is 52.4 Å². The fourth-order valence-corrected chi connectivity index (χ4v) is 5.18. The van der Waals surface area contributed by atoms with Crippen molar-refractivity contribution in [2.75, 3.05) is 12.4 Å². The van der Waals surface area contributed by atoms with Crippen molar-refractivity contribution in [1.82, 2.24) is 19.9 Å². The molecular weight excluding hydrogens is 561 g/mol. The van der Waals surface area contributed by atoms with E-state index in [2.05, 4.69) is 25.3 Å². The number of aromatic nitrogens is 4. The lowest BCUT2D eigenvalue weighted by Crippen LogP contribution is -2.32. The highest BCUT2D eigenvalue weighted by atomic mass is 32.1. The minimum absolute atomic E-state index is 0.0195. The van der Waals surface area contributed by atoms with Gasteiger partial charge in [-0.3, -0.25) is 10.3 Å². The maximum atomic E-state index is 15.1. The van der Waals surface area contributed by atoms with Gasteiger partial charge in [0, 0.05) is 17.7 Å². The number of thiazole rings is 1. The Morgan fingerprint density at radius 2 is 1.83 bits per heavy atom. The molecule has 0 spiro atoms. The number of ether oxygens (including phenoxy) is 3. The molecule has 2 atom stereocenters. The van der Waals surface area contributed by atoms with Crippen molar-refractivity contribution in [2.24, 2.45) is 0 Å². The van der Waals surface area contributed by atoms with Gasteiger partial charge in [-0.05, 0) is 64.4 Å². The summed E-state index contributed by atoms with van der Waals surface area (Å²) in [6.07, 6.45) is 0.877. The molecule has 0 bridgehead atoms. The summed E-state index contributed by atoms with van der Waals surface area (Å²) in [5.74, 6) is -0.152. The van der Waals surface area contributed by atoms with Crippen molar-refractivity contribution in [3.63, 3.8) is 0 Å². The van der Waals surface area contributed by atoms with Crippen LogP contribution in [-0.4, -0.2) is 50.5 Å². The lowest BCUT2D eigenvalue weighted by molar-refractivity contribution is 0.0402. The van der Waals surface area contributed by atoms with Gasteiger partial charge >= 0.3 is 6.09 Å². The highest BCUT2D eigenvalue weighted by Gasteiger charge is 2.22.